The highest BCUT2D eigenvalue weighted by Gasteiger charge is 2.27. The number of hydrogen-bond acceptors (Lipinski definition) is 6. The summed E-state index contributed by atoms with van der Waals surface area (Å²) in [5.41, 5.74) is -0.613. The molecule has 0 spiro atoms. The maximum Gasteiger partial charge on any atom is 0.339 e. The lowest BCUT2D eigenvalue weighted by atomic mass is 9.86. The average Bonchev–Trinajstić information content (AvgIpc) is 2.93. The van der Waals surface area contributed by atoms with Gasteiger partial charge in [-0.15, -0.1) is 11.3 Å². The summed E-state index contributed by atoms with van der Waals surface area (Å²) in [7, 11) is 0. The molecule has 6 nitrogen and oxygen atoms in total. The van der Waals surface area contributed by atoms with E-state index >= 15 is 0 Å². The number of non-ortho nitro benzene ring substituents is 1. The Morgan fingerprint density at radius 2 is 2.25 bits per heavy atom. The first-order valence-electron chi connectivity index (χ1n) is 7.62. The van der Waals surface area contributed by atoms with Crippen LogP contribution in [0.5, 0.6) is 0 Å². The van der Waals surface area contributed by atoms with Crippen LogP contribution in [-0.2, 0) is 4.74 Å². The molecule has 8 heteroatoms. The van der Waals surface area contributed by atoms with Gasteiger partial charge in [0.25, 0.3) is 5.69 Å². The van der Waals surface area contributed by atoms with Gasteiger partial charge in [0.05, 0.1) is 33.0 Å². The van der Waals surface area contributed by atoms with E-state index in [-0.39, 0.29) is 17.7 Å². The Labute approximate surface area is 141 Å². The number of thiazole rings is 1. The summed E-state index contributed by atoms with van der Waals surface area (Å²) < 4.78 is 19.5. The van der Waals surface area contributed by atoms with Gasteiger partial charge in [0, 0.05) is 23.7 Å². The maximum absolute atomic E-state index is 14.5. The van der Waals surface area contributed by atoms with Gasteiger partial charge in [-0.3, -0.25) is 10.1 Å². The van der Waals surface area contributed by atoms with Crippen molar-refractivity contribution in [2.45, 2.75) is 32.1 Å². The Morgan fingerprint density at radius 1 is 1.50 bits per heavy atom. The standard InChI is InChI=1S/C16H15FN2O4S/c1-2-23-16(20)11-6-10(19(21)22)7-12(17)14(11)13-8-18-15(24-13)9-4-3-5-9/h6-9H,2-5H2,1H3. The molecule has 3 rings (SSSR count). The van der Waals surface area contributed by atoms with Gasteiger partial charge in [-0.25, -0.2) is 14.2 Å². The van der Waals surface area contributed by atoms with E-state index in [1.54, 1.807) is 6.92 Å². The lowest BCUT2D eigenvalue weighted by molar-refractivity contribution is -0.385. The third-order valence-corrected chi connectivity index (χ3v) is 5.18. The lowest BCUT2D eigenvalue weighted by Gasteiger charge is -2.22. The molecule has 0 radical (unpaired) electrons. The van der Waals surface area contributed by atoms with Crippen LogP contribution in [0.25, 0.3) is 10.4 Å². The van der Waals surface area contributed by atoms with Gasteiger partial charge in [0.15, 0.2) is 0 Å². The number of esters is 1. The van der Waals surface area contributed by atoms with Crippen LogP contribution in [0, 0.1) is 15.9 Å². The summed E-state index contributed by atoms with van der Waals surface area (Å²) in [4.78, 5) is 27.2. The van der Waals surface area contributed by atoms with Gasteiger partial charge in [-0.1, -0.05) is 6.42 Å². The highest BCUT2D eigenvalue weighted by Crippen LogP contribution is 2.42. The molecule has 0 N–H and O–H groups in total. The molecule has 1 fully saturated rings. The largest absolute Gasteiger partial charge is 0.462 e. The summed E-state index contributed by atoms with van der Waals surface area (Å²) in [5.74, 6) is -1.22. The molecule has 126 valence electrons. The predicted octanol–water partition coefficient (Wildman–Crippen LogP) is 4.30. The van der Waals surface area contributed by atoms with Gasteiger partial charge in [-0.2, -0.15) is 0 Å². The SMILES string of the molecule is CCOC(=O)c1cc([N+](=O)[O-])cc(F)c1-c1cnc(C2CCC2)s1. The molecule has 0 bridgehead atoms. The molecule has 0 aliphatic heterocycles. The number of ether oxygens (including phenoxy) is 1. The Bertz CT molecular complexity index is 801. The van der Waals surface area contributed by atoms with Crippen molar-refractivity contribution in [1.29, 1.82) is 0 Å². The number of benzene rings is 1. The third kappa shape index (κ3) is 3.01. The van der Waals surface area contributed by atoms with Crippen LogP contribution in [-0.4, -0.2) is 22.5 Å². The molecule has 0 saturated heterocycles. The van der Waals surface area contributed by atoms with E-state index in [4.69, 9.17) is 4.74 Å². The van der Waals surface area contributed by atoms with Crippen LogP contribution in [0.2, 0.25) is 0 Å². The molecule has 1 heterocycles. The molecule has 2 aromatic rings. The topological polar surface area (TPSA) is 82.3 Å². The van der Waals surface area contributed by atoms with Crippen LogP contribution < -0.4 is 0 Å². The molecule has 1 aliphatic rings. The summed E-state index contributed by atoms with van der Waals surface area (Å²) in [6, 6.07) is 1.87. The maximum atomic E-state index is 14.5. The Morgan fingerprint density at radius 3 is 2.83 bits per heavy atom. The lowest BCUT2D eigenvalue weighted by Crippen LogP contribution is -2.08. The second-order valence-corrected chi connectivity index (χ2v) is 6.58. The van der Waals surface area contributed by atoms with E-state index in [0.29, 0.717) is 10.8 Å². The van der Waals surface area contributed by atoms with Gasteiger partial charge in [-0.05, 0) is 19.8 Å². The minimum atomic E-state index is -0.823. The number of rotatable bonds is 5. The summed E-state index contributed by atoms with van der Waals surface area (Å²) in [5, 5.41) is 11.9. The number of nitro groups is 1. The monoisotopic (exact) mass is 350 g/mol. The normalized spacial score (nSPS) is 14.2. The van der Waals surface area contributed by atoms with E-state index in [1.807, 2.05) is 0 Å². The number of carbonyl (C=O) groups is 1. The van der Waals surface area contributed by atoms with Crippen LogP contribution in [0.1, 0.15) is 47.5 Å². The fourth-order valence-electron chi connectivity index (χ4n) is 2.57. The zero-order chi connectivity index (χ0) is 17.3. The van der Waals surface area contributed by atoms with Crippen molar-refractivity contribution in [2.75, 3.05) is 6.61 Å². The molecule has 1 aromatic carbocycles. The van der Waals surface area contributed by atoms with Gasteiger partial charge in [0.2, 0.25) is 0 Å². The van der Waals surface area contributed by atoms with Crippen molar-refractivity contribution in [3.8, 4) is 10.4 Å². The highest BCUT2D eigenvalue weighted by molar-refractivity contribution is 7.15. The number of aromatic nitrogens is 1. The van der Waals surface area contributed by atoms with Crippen molar-refractivity contribution >= 4 is 23.0 Å². The fourth-order valence-corrected chi connectivity index (χ4v) is 3.71. The highest BCUT2D eigenvalue weighted by atomic mass is 32.1. The van der Waals surface area contributed by atoms with Crippen LogP contribution in [0.15, 0.2) is 18.3 Å². The molecule has 1 aromatic heterocycles. The minimum Gasteiger partial charge on any atom is -0.462 e. The first-order valence-corrected chi connectivity index (χ1v) is 8.44. The zero-order valence-corrected chi connectivity index (χ0v) is 13.8. The molecule has 24 heavy (non-hydrogen) atoms. The fraction of sp³-hybridized carbons (Fsp3) is 0.375. The van der Waals surface area contributed by atoms with Crippen LogP contribution in [0.4, 0.5) is 10.1 Å². The van der Waals surface area contributed by atoms with Crippen molar-refractivity contribution in [1.82, 2.24) is 4.98 Å². The molecule has 0 unspecified atom stereocenters. The van der Waals surface area contributed by atoms with Crippen molar-refractivity contribution in [3.63, 3.8) is 0 Å². The number of halogens is 1. The smallest absolute Gasteiger partial charge is 0.339 e. The van der Waals surface area contributed by atoms with Crippen LogP contribution >= 0.6 is 11.3 Å². The van der Waals surface area contributed by atoms with Gasteiger partial charge in [0.1, 0.15) is 5.82 Å². The minimum absolute atomic E-state index is 0.0159. The van der Waals surface area contributed by atoms with Crippen molar-refractivity contribution in [2.24, 2.45) is 0 Å². The van der Waals surface area contributed by atoms with Crippen molar-refractivity contribution in [3.05, 3.63) is 44.8 Å². The predicted molar refractivity (Wildman–Crippen MR) is 86.7 cm³/mol. The molecule has 0 amide bonds. The summed E-state index contributed by atoms with van der Waals surface area (Å²) in [6.45, 7) is 1.71. The quantitative estimate of drug-likeness (QED) is 0.456. The summed E-state index contributed by atoms with van der Waals surface area (Å²) in [6.07, 6.45) is 4.78. The average molecular weight is 350 g/mol. The van der Waals surface area contributed by atoms with Crippen LogP contribution in [0.3, 0.4) is 0 Å². The molecule has 1 saturated carbocycles. The Kier molecular flexibility index (Phi) is 4.57. The molecule has 0 atom stereocenters. The first-order chi connectivity index (χ1) is 11.5. The van der Waals surface area contributed by atoms with E-state index in [2.05, 4.69) is 4.98 Å². The van der Waals surface area contributed by atoms with E-state index in [9.17, 15) is 19.3 Å². The zero-order valence-electron chi connectivity index (χ0n) is 13.0. The number of nitrogens with zero attached hydrogens (tertiary/aromatic N) is 2. The number of carbonyl (C=O) groups excluding carboxylic acids is 1. The molecular formula is C16H15FN2O4S. The second-order valence-electron chi connectivity index (χ2n) is 5.52. The number of nitro benzene ring substituents is 1. The Balaban J connectivity index is 2.09. The molecular weight excluding hydrogens is 335 g/mol. The van der Waals surface area contributed by atoms with Gasteiger partial charge < -0.3 is 4.74 Å². The number of hydrogen-bond donors (Lipinski definition) is 0. The summed E-state index contributed by atoms with van der Waals surface area (Å²) >= 11 is 1.32. The van der Waals surface area contributed by atoms with Gasteiger partial charge >= 0.3 is 5.97 Å². The van der Waals surface area contributed by atoms with E-state index < -0.39 is 22.4 Å². The van der Waals surface area contributed by atoms with Crippen molar-refractivity contribution < 1.29 is 18.8 Å². The first kappa shape index (κ1) is 16.5. The van der Waals surface area contributed by atoms with E-state index in [1.165, 1.54) is 17.5 Å². The molecule has 1 aliphatic carbocycles. The third-order valence-electron chi connectivity index (χ3n) is 4.01. The second kappa shape index (κ2) is 6.64. The Hall–Kier alpha value is -2.35. The van der Waals surface area contributed by atoms with E-state index in [0.717, 1.165) is 36.4 Å².